The lowest BCUT2D eigenvalue weighted by molar-refractivity contribution is -0.122. The van der Waals surface area contributed by atoms with Crippen LogP contribution in [0.5, 0.6) is 0 Å². The number of rotatable bonds is 1. The number of fused-ring (bicyclic) bond motifs is 1. The van der Waals surface area contributed by atoms with Crippen molar-refractivity contribution in [3.8, 4) is 0 Å². The molecule has 0 aliphatic carbocycles. The van der Waals surface area contributed by atoms with Crippen LogP contribution < -0.4 is 0 Å². The molecule has 1 aliphatic rings. The molecule has 0 bridgehead atoms. The molecular weight excluding hydrogens is 234 g/mol. The number of cyclic esters (lactones) is 1. The summed E-state index contributed by atoms with van der Waals surface area (Å²) in [5.74, 6) is -0.425. The maximum absolute atomic E-state index is 11.7. The van der Waals surface area contributed by atoms with Crippen molar-refractivity contribution in [2.75, 3.05) is 7.05 Å². The van der Waals surface area contributed by atoms with E-state index in [-0.39, 0.29) is 5.76 Å². The first-order valence-electron chi connectivity index (χ1n) is 5.29. The van der Waals surface area contributed by atoms with E-state index < -0.39 is 12.0 Å². The van der Waals surface area contributed by atoms with E-state index in [1.165, 1.54) is 13.1 Å². The Bertz CT molecular complexity index is 687. The smallest absolute Gasteiger partial charge is 0.404 e. The van der Waals surface area contributed by atoms with Gasteiger partial charge in [-0.25, -0.2) is 9.69 Å². The molecule has 0 aromatic carbocycles. The number of hydrogen-bond acceptors (Lipinski definition) is 4. The molecule has 18 heavy (non-hydrogen) atoms. The Balaban J connectivity index is 2.07. The van der Waals surface area contributed by atoms with Crippen LogP contribution in [0.4, 0.5) is 4.79 Å². The maximum atomic E-state index is 11.7. The molecule has 1 saturated heterocycles. The van der Waals surface area contributed by atoms with Crippen LogP contribution in [0.15, 0.2) is 30.4 Å². The summed E-state index contributed by atoms with van der Waals surface area (Å²) < 4.78 is 4.87. The fraction of sp³-hybridized carbons (Fsp3) is 0.0833. The molecule has 1 aliphatic heterocycles. The number of pyridine rings is 1. The summed E-state index contributed by atoms with van der Waals surface area (Å²) in [6.45, 7) is 0. The van der Waals surface area contributed by atoms with Crippen LogP contribution in [0, 0.1) is 0 Å². The summed E-state index contributed by atoms with van der Waals surface area (Å²) in [6.07, 6.45) is 5.96. The van der Waals surface area contributed by atoms with Gasteiger partial charge in [0.15, 0.2) is 5.76 Å². The van der Waals surface area contributed by atoms with Crippen molar-refractivity contribution in [3.05, 3.63) is 36.0 Å². The zero-order valence-electron chi connectivity index (χ0n) is 9.51. The van der Waals surface area contributed by atoms with Crippen LogP contribution in [0.3, 0.4) is 0 Å². The second-order valence-corrected chi connectivity index (χ2v) is 3.91. The highest BCUT2D eigenvalue weighted by molar-refractivity contribution is 6.10. The summed E-state index contributed by atoms with van der Waals surface area (Å²) in [5.41, 5.74) is 1.66. The lowest BCUT2D eigenvalue weighted by Gasteiger charge is -1.96. The Morgan fingerprint density at radius 1 is 1.44 bits per heavy atom. The van der Waals surface area contributed by atoms with Gasteiger partial charge in [0.05, 0.1) is 0 Å². The first-order valence-corrected chi connectivity index (χ1v) is 5.29. The summed E-state index contributed by atoms with van der Waals surface area (Å²) in [5, 5.41) is 0.864. The van der Waals surface area contributed by atoms with Gasteiger partial charge >= 0.3 is 6.09 Å². The summed E-state index contributed by atoms with van der Waals surface area (Å²) >= 11 is 0. The SMILES string of the molecule is CN1C(=O)O/C(=C\c2c[nH]c3ccncc23)C1=O. The van der Waals surface area contributed by atoms with Crippen LogP contribution in [-0.2, 0) is 9.53 Å². The standard InChI is InChI=1S/C12H9N3O3/c1-15-11(16)10(18-12(15)17)4-7-5-14-9-2-3-13-6-8(7)9/h2-6,14H,1H3/b10-4-. The van der Waals surface area contributed by atoms with E-state index >= 15 is 0 Å². The molecule has 0 unspecified atom stereocenters. The fourth-order valence-corrected chi connectivity index (χ4v) is 1.79. The number of nitrogens with zero attached hydrogens (tertiary/aromatic N) is 2. The molecule has 3 rings (SSSR count). The van der Waals surface area contributed by atoms with Crippen molar-refractivity contribution in [3.63, 3.8) is 0 Å². The van der Waals surface area contributed by atoms with Gasteiger partial charge in [0.1, 0.15) is 0 Å². The average molecular weight is 243 g/mol. The van der Waals surface area contributed by atoms with Gasteiger partial charge in [-0.15, -0.1) is 0 Å². The van der Waals surface area contributed by atoms with Crippen molar-refractivity contribution in [1.82, 2.24) is 14.9 Å². The molecule has 6 heteroatoms. The number of carbonyl (C=O) groups excluding carboxylic acids is 2. The van der Waals surface area contributed by atoms with Gasteiger partial charge in [0, 0.05) is 42.1 Å². The predicted molar refractivity (Wildman–Crippen MR) is 63.3 cm³/mol. The first kappa shape index (κ1) is 10.5. The van der Waals surface area contributed by atoms with Crippen molar-refractivity contribution < 1.29 is 14.3 Å². The fourth-order valence-electron chi connectivity index (χ4n) is 1.79. The monoisotopic (exact) mass is 243 g/mol. The molecule has 2 aromatic rings. The number of aromatic nitrogens is 2. The number of H-pyrrole nitrogens is 1. The topological polar surface area (TPSA) is 75.3 Å². The molecule has 0 atom stereocenters. The van der Waals surface area contributed by atoms with Gasteiger partial charge < -0.3 is 9.72 Å². The van der Waals surface area contributed by atoms with Gasteiger partial charge in [-0.2, -0.15) is 0 Å². The van der Waals surface area contributed by atoms with E-state index in [2.05, 4.69) is 9.97 Å². The number of ether oxygens (including phenoxy) is 1. The number of nitrogens with one attached hydrogen (secondary N) is 1. The minimum atomic E-state index is -0.663. The average Bonchev–Trinajstić information content (AvgIpc) is 2.89. The minimum absolute atomic E-state index is 0.0206. The lowest BCUT2D eigenvalue weighted by atomic mass is 10.2. The number of carbonyl (C=O) groups is 2. The third kappa shape index (κ3) is 1.46. The number of amides is 2. The molecule has 0 spiro atoms. The molecule has 90 valence electrons. The van der Waals surface area contributed by atoms with Gasteiger partial charge in [-0.3, -0.25) is 9.78 Å². The van der Waals surface area contributed by atoms with Crippen molar-refractivity contribution in [2.45, 2.75) is 0 Å². The van der Waals surface area contributed by atoms with E-state index in [1.807, 2.05) is 6.07 Å². The zero-order valence-corrected chi connectivity index (χ0v) is 9.51. The van der Waals surface area contributed by atoms with Crippen LogP contribution in [0.1, 0.15) is 5.56 Å². The zero-order chi connectivity index (χ0) is 12.7. The first-order chi connectivity index (χ1) is 8.66. The second kappa shape index (κ2) is 3.69. The maximum Gasteiger partial charge on any atom is 0.422 e. The highest BCUT2D eigenvalue weighted by atomic mass is 16.6. The quantitative estimate of drug-likeness (QED) is 0.770. The Morgan fingerprint density at radius 3 is 3.00 bits per heavy atom. The van der Waals surface area contributed by atoms with E-state index in [0.29, 0.717) is 0 Å². The van der Waals surface area contributed by atoms with E-state index in [0.717, 1.165) is 21.4 Å². The van der Waals surface area contributed by atoms with Crippen molar-refractivity contribution in [1.29, 1.82) is 0 Å². The van der Waals surface area contributed by atoms with Crippen LogP contribution in [0.25, 0.3) is 17.0 Å². The Labute approximate surface area is 102 Å². The van der Waals surface area contributed by atoms with Gasteiger partial charge in [-0.05, 0) is 12.1 Å². The highest BCUT2D eigenvalue weighted by Crippen LogP contribution is 2.23. The molecule has 0 radical (unpaired) electrons. The predicted octanol–water partition coefficient (Wildman–Crippen LogP) is 1.51. The lowest BCUT2D eigenvalue weighted by Crippen LogP contribution is -2.23. The third-order valence-corrected chi connectivity index (χ3v) is 2.79. The summed E-state index contributed by atoms with van der Waals surface area (Å²) in [6, 6.07) is 1.83. The molecule has 2 amide bonds. The van der Waals surface area contributed by atoms with Gasteiger partial charge in [0.25, 0.3) is 5.91 Å². The minimum Gasteiger partial charge on any atom is -0.404 e. The Morgan fingerprint density at radius 2 is 2.28 bits per heavy atom. The molecule has 2 aromatic heterocycles. The number of hydrogen-bond donors (Lipinski definition) is 1. The Hall–Kier alpha value is -2.63. The third-order valence-electron chi connectivity index (χ3n) is 2.79. The normalized spacial score (nSPS) is 17.8. The molecule has 1 fully saturated rings. The van der Waals surface area contributed by atoms with E-state index in [9.17, 15) is 9.59 Å². The van der Waals surface area contributed by atoms with E-state index in [4.69, 9.17) is 4.74 Å². The molecule has 1 N–H and O–H groups in total. The van der Waals surface area contributed by atoms with E-state index in [1.54, 1.807) is 18.6 Å². The number of imide groups is 1. The molecule has 6 nitrogen and oxygen atoms in total. The number of likely N-dealkylation sites (N-methyl/N-ethyl adjacent to an activating group) is 1. The molecular formula is C12H9N3O3. The number of aromatic amines is 1. The van der Waals surface area contributed by atoms with Crippen molar-refractivity contribution in [2.24, 2.45) is 0 Å². The molecule has 3 heterocycles. The van der Waals surface area contributed by atoms with Crippen LogP contribution in [-0.4, -0.2) is 33.9 Å². The highest BCUT2D eigenvalue weighted by Gasteiger charge is 2.33. The van der Waals surface area contributed by atoms with Gasteiger partial charge in [-0.1, -0.05) is 0 Å². The van der Waals surface area contributed by atoms with Crippen LogP contribution >= 0.6 is 0 Å². The largest absolute Gasteiger partial charge is 0.422 e. The van der Waals surface area contributed by atoms with Crippen molar-refractivity contribution >= 4 is 29.0 Å². The van der Waals surface area contributed by atoms with Gasteiger partial charge in [0.2, 0.25) is 0 Å². The van der Waals surface area contributed by atoms with Crippen LogP contribution in [0.2, 0.25) is 0 Å². The Kier molecular flexibility index (Phi) is 2.16. The second-order valence-electron chi connectivity index (χ2n) is 3.91. The summed E-state index contributed by atoms with van der Waals surface area (Å²) in [4.78, 5) is 30.9. The molecule has 0 saturated carbocycles. The summed E-state index contributed by atoms with van der Waals surface area (Å²) in [7, 11) is 1.38.